The molecule has 0 aliphatic heterocycles. The van der Waals surface area contributed by atoms with Crippen LogP contribution < -0.4 is 9.47 Å². The van der Waals surface area contributed by atoms with Gasteiger partial charge in [-0.05, 0) is 78.1 Å². The number of hydrogen-bond acceptors (Lipinski definition) is 5. The Hall–Kier alpha value is -3.31. The Labute approximate surface area is 260 Å². The van der Waals surface area contributed by atoms with Crippen LogP contribution in [0.3, 0.4) is 0 Å². The van der Waals surface area contributed by atoms with Gasteiger partial charge in [-0.3, -0.25) is 4.99 Å². The molecule has 0 fully saturated rings. The van der Waals surface area contributed by atoms with Crippen molar-refractivity contribution < 1.29 is 19.7 Å². The molecule has 0 bridgehead atoms. The first-order valence-corrected chi connectivity index (χ1v) is 15.8. The third kappa shape index (κ3) is 8.41. The smallest absolute Gasteiger partial charge is 0.144 e. The Morgan fingerprint density at radius 2 is 1.21 bits per heavy atom. The predicted octanol–water partition coefficient (Wildman–Crippen LogP) is 9.09. The van der Waals surface area contributed by atoms with Crippen molar-refractivity contribution in [2.45, 2.75) is 110 Å². The Bertz CT molecular complexity index is 1290. The summed E-state index contributed by atoms with van der Waals surface area (Å²) in [5.41, 5.74) is 2.13. The maximum Gasteiger partial charge on any atom is 0.144 e. The molecule has 1 unspecified atom stereocenters. The molecule has 1 atom stereocenters. The number of benzene rings is 3. The summed E-state index contributed by atoms with van der Waals surface area (Å²) < 4.78 is 12.8. The van der Waals surface area contributed by atoms with E-state index in [-0.39, 0.29) is 16.6 Å². The van der Waals surface area contributed by atoms with Crippen molar-refractivity contribution in [3.63, 3.8) is 0 Å². The lowest BCUT2D eigenvalue weighted by Gasteiger charge is -2.37. The number of aliphatic hydroxyl groups is 1. The van der Waals surface area contributed by atoms with Crippen molar-refractivity contribution >= 4 is 6.21 Å². The van der Waals surface area contributed by atoms with Crippen molar-refractivity contribution in [2.75, 3.05) is 13.2 Å². The Balaban J connectivity index is 2.37. The number of phenolic OH excluding ortho intramolecular Hbond substituents is 1. The summed E-state index contributed by atoms with van der Waals surface area (Å²) in [4.78, 5) is 4.89. The number of ether oxygens (including phenoxy) is 2. The van der Waals surface area contributed by atoms with Crippen LogP contribution in [0.2, 0.25) is 0 Å². The number of hydrogen-bond donors (Lipinski definition) is 2. The van der Waals surface area contributed by atoms with Crippen LogP contribution in [-0.4, -0.2) is 35.7 Å². The summed E-state index contributed by atoms with van der Waals surface area (Å²) in [5.74, 6) is 1.40. The van der Waals surface area contributed by atoms with Gasteiger partial charge < -0.3 is 19.7 Å². The first kappa shape index (κ1) is 34.2. The molecule has 0 aromatic heterocycles. The van der Waals surface area contributed by atoms with Gasteiger partial charge in [0, 0.05) is 22.9 Å². The quantitative estimate of drug-likeness (QED) is 0.155. The van der Waals surface area contributed by atoms with Crippen molar-refractivity contribution in [3.8, 4) is 17.2 Å². The van der Waals surface area contributed by atoms with E-state index in [1.807, 2.05) is 31.2 Å². The highest BCUT2D eigenvalue weighted by Gasteiger charge is 2.43. The molecular weight excluding hydrogens is 534 g/mol. The fourth-order valence-corrected chi connectivity index (χ4v) is 4.99. The van der Waals surface area contributed by atoms with E-state index in [2.05, 4.69) is 79.7 Å². The molecule has 0 saturated heterocycles. The van der Waals surface area contributed by atoms with Crippen LogP contribution in [0.25, 0.3) is 0 Å². The van der Waals surface area contributed by atoms with Crippen LogP contribution in [-0.2, 0) is 16.4 Å². The normalized spacial score (nSPS) is 13.3. The molecule has 0 spiro atoms. The average molecular weight is 588 g/mol. The lowest BCUT2D eigenvalue weighted by Crippen LogP contribution is -2.39. The van der Waals surface area contributed by atoms with Gasteiger partial charge in [0.05, 0.1) is 19.3 Å². The highest BCUT2D eigenvalue weighted by molar-refractivity contribution is 5.83. The molecule has 0 saturated carbocycles. The van der Waals surface area contributed by atoms with E-state index in [9.17, 15) is 10.2 Å². The van der Waals surface area contributed by atoms with Crippen molar-refractivity contribution in [1.82, 2.24) is 0 Å². The largest absolute Gasteiger partial charge is 0.507 e. The fourth-order valence-electron chi connectivity index (χ4n) is 4.99. The molecule has 234 valence electrons. The summed E-state index contributed by atoms with van der Waals surface area (Å²) in [6.07, 6.45) is 5.46. The maximum atomic E-state index is 13.3. The number of rotatable bonds is 13. The van der Waals surface area contributed by atoms with E-state index >= 15 is 0 Å². The van der Waals surface area contributed by atoms with Gasteiger partial charge in [-0.15, -0.1) is 0 Å². The Morgan fingerprint density at radius 1 is 0.744 bits per heavy atom. The zero-order valence-electron chi connectivity index (χ0n) is 27.8. The molecule has 43 heavy (non-hydrogen) atoms. The fraction of sp³-hybridized carbons (Fsp3) is 0.500. The van der Waals surface area contributed by atoms with E-state index < -0.39 is 11.6 Å². The number of nitrogens with zero attached hydrogens (tertiary/aromatic N) is 1. The summed E-state index contributed by atoms with van der Waals surface area (Å²) in [6.45, 7) is 20.3. The van der Waals surface area contributed by atoms with Crippen LogP contribution in [0.4, 0.5) is 0 Å². The van der Waals surface area contributed by atoms with Gasteiger partial charge in [0.2, 0.25) is 0 Å². The van der Waals surface area contributed by atoms with Crippen molar-refractivity contribution in [2.24, 2.45) is 4.99 Å². The Kier molecular flexibility index (Phi) is 11.5. The van der Waals surface area contributed by atoms with E-state index in [1.165, 1.54) is 0 Å². The highest BCUT2D eigenvalue weighted by atomic mass is 16.5. The van der Waals surface area contributed by atoms with Crippen LogP contribution >= 0.6 is 0 Å². The lowest BCUT2D eigenvalue weighted by molar-refractivity contribution is 0.0519. The zero-order valence-corrected chi connectivity index (χ0v) is 27.8. The molecule has 0 aliphatic rings. The van der Waals surface area contributed by atoms with Gasteiger partial charge in [-0.2, -0.15) is 0 Å². The molecule has 3 aromatic rings. The minimum Gasteiger partial charge on any atom is -0.507 e. The van der Waals surface area contributed by atoms with Crippen LogP contribution in [0.5, 0.6) is 17.2 Å². The summed E-state index contributed by atoms with van der Waals surface area (Å²) in [6, 6.07) is 18.7. The number of phenols is 1. The van der Waals surface area contributed by atoms with Gasteiger partial charge in [0.15, 0.2) is 0 Å². The van der Waals surface area contributed by atoms with Gasteiger partial charge in [0.1, 0.15) is 22.8 Å². The molecule has 0 amide bonds. The number of aromatic hydroxyl groups is 1. The SMILES string of the molecule is CCCCOc1ccc(C(C)(C)C)cc1C(O)(c1cc(C(C)(C)C)ccc1OCCCC)C(C)N=Cc1ccccc1O. The minimum atomic E-state index is -1.62. The first-order valence-electron chi connectivity index (χ1n) is 15.8. The standard InChI is InChI=1S/C38H53NO4/c1-10-12-22-42-34-20-18-29(36(4,5)6)24-31(34)38(41,27(3)39-26-28-16-14-15-17-33(28)40)32-25-30(37(7,8)9)19-21-35(32)43-23-13-11-2/h14-21,24-27,40-41H,10-13,22-23H2,1-9H3. The second-order valence-corrected chi connectivity index (χ2v) is 13.6. The first-order chi connectivity index (χ1) is 20.2. The average Bonchev–Trinajstić information content (AvgIpc) is 2.95. The summed E-state index contributed by atoms with van der Waals surface area (Å²) >= 11 is 0. The number of aliphatic imine (C=N–C) groups is 1. The molecule has 3 aromatic carbocycles. The monoisotopic (exact) mass is 587 g/mol. The molecule has 5 nitrogen and oxygen atoms in total. The molecule has 3 rings (SSSR count). The second-order valence-electron chi connectivity index (χ2n) is 13.6. The number of unbranched alkanes of at least 4 members (excludes halogenated alkanes) is 2. The molecule has 2 N–H and O–H groups in total. The highest BCUT2D eigenvalue weighted by Crippen LogP contribution is 2.46. The molecule has 5 heteroatoms. The molecule has 0 aliphatic carbocycles. The van der Waals surface area contributed by atoms with Crippen molar-refractivity contribution in [1.29, 1.82) is 0 Å². The summed E-state index contributed by atoms with van der Waals surface area (Å²) in [5, 5.41) is 23.7. The molecule has 0 radical (unpaired) electrons. The number of para-hydroxylation sites is 1. The predicted molar refractivity (Wildman–Crippen MR) is 179 cm³/mol. The van der Waals surface area contributed by atoms with E-state index in [4.69, 9.17) is 14.5 Å². The third-order valence-electron chi connectivity index (χ3n) is 8.00. The van der Waals surface area contributed by atoms with Gasteiger partial charge in [-0.1, -0.05) is 92.5 Å². The Morgan fingerprint density at radius 3 is 1.63 bits per heavy atom. The summed E-state index contributed by atoms with van der Waals surface area (Å²) in [7, 11) is 0. The van der Waals surface area contributed by atoms with Crippen LogP contribution in [0.1, 0.15) is 116 Å². The minimum absolute atomic E-state index is 0.138. The second kappa shape index (κ2) is 14.4. The molecule has 0 heterocycles. The molecular formula is C38H53NO4. The van der Waals surface area contributed by atoms with E-state index in [0.29, 0.717) is 41.4 Å². The van der Waals surface area contributed by atoms with Crippen molar-refractivity contribution in [3.05, 3.63) is 88.5 Å². The topological polar surface area (TPSA) is 71.3 Å². The van der Waals surface area contributed by atoms with E-state index in [1.54, 1.807) is 18.3 Å². The lowest BCUT2D eigenvalue weighted by atomic mass is 9.75. The van der Waals surface area contributed by atoms with Gasteiger partial charge >= 0.3 is 0 Å². The van der Waals surface area contributed by atoms with E-state index in [0.717, 1.165) is 36.8 Å². The van der Waals surface area contributed by atoms with Gasteiger partial charge in [-0.25, -0.2) is 0 Å². The van der Waals surface area contributed by atoms with Crippen LogP contribution in [0, 0.1) is 0 Å². The van der Waals surface area contributed by atoms with Gasteiger partial charge in [0.25, 0.3) is 0 Å². The third-order valence-corrected chi connectivity index (χ3v) is 8.00. The maximum absolute atomic E-state index is 13.3. The van der Waals surface area contributed by atoms with Crippen LogP contribution in [0.15, 0.2) is 65.7 Å². The zero-order chi connectivity index (χ0) is 31.8.